The van der Waals surface area contributed by atoms with Crippen LogP contribution >= 0.6 is 11.6 Å². The number of rotatable bonds is 6. The van der Waals surface area contributed by atoms with Gasteiger partial charge in [-0.3, -0.25) is 9.88 Å². The highest BCUT2D eigenvalue weighted by atomic mass is 35.5. The van der Waals surface area contributed by atoms with Crippen LogP contribution in [0.15, 0.2) is 48.5 Å². The van der Waals surface area contributed by atoms with Gasteiger partial charge in [0.1, 0.15) is 0 Å². The fraction of sp³-hybridized carbons (Fsp3) is 0.333. The lowest BCUT2D eigenvalue weighted by atomic mass is 9.93. The van der Waals surface area contributed by atoms with Crippen molar-refractivity contribution in [3.05, 3.63) is 64.8 Å². The maximum absolute atomic E-state index is 13.2. The average Bonchev–Trinajstić information content (AvgIpc) is 3.21. The Labute approximate surface area is 181 Å². The van der Waals surface area contributed by atoms with Gasteiger partial charge in [-0.15, -0.1) is 0 Å². The van der Waals surface area contributed by atoms with Gasteiger partial charge in [0.15, 0.2) is 0 Å². The van der Waals surface area contributed by atoms with Crippen LogP contribution in [-0.4, -0.2) is 46.8 Å². The minimum atomic E-state index is -0.388. The number of nitrogens with zero attached hydrogens (tertiary/aromatic N) is 2. The number of pyridine rings is 1. The summed E-state index contributed by atoms with van der Waals surface area (Å²) in [5.74, 6) is -0.388. The second-order valence-electron chi connectivity index (χ2n) is 7.51. The molecule has 1 atom stereocenters. The molecular formula is C24H25ClN2O3. The maximum atomic E-state index is 13.2. The number of carbonyl (C=O) groups excluding carboxylic acids is 1. The number of benzene rings is 2. The summed E-state index contributed by atoms with van der Waals surface area (Å²) >= 11 is 6.31. The molecule has 1 N–H and O–H groups in total. The van der Waals surface area contributed by atoms with Crippen molar-refractivity contribution in [3.63, 3.8) is 0 Å². The van der Waals surface area contributed by atoms with Gasteiger partial charge in [-0.1, -0.05) is 41.9 Å². The molecule has 6 heteroatoms. The van der Waals surface area contributed by atoms with Gasteiger partial charge in [-0.05, 0) is 50.1 Å². The molecule has 30 heavy (non-hydrogen) atoms. The molecule has 156 valence electrons. The predicted molar refractivity (Wildman–Crippen MR) is 119 cm³/mol. The molecule has 0 spiro atoms. The Morgan fingerprint density at radius 2 is 2.07 bits per heavy atom. The van der Waals surface area contributed by atoms with E-state index in [2.05, 4.69) is 4.90 Å². The van der Waals surface area contributed by atoms with Crippen LogP contribution < -0.4 is 0 Å². The fourth-order valence-electron chi connectivity index (χ4n) is 4.23. The molecule has 4 rings (SSSR count). The molecule has 0 radical (unpaired) electrons. The number of hydrogen-bond donors (Lipinski definition) is 1. The highest BCUT2D eigenvalue weighted by Crippen LogP contribution is 2.36. The Balaban J connectivity index is 1.97. The molecule has 2 aromatic carbocycles. The summed E-state index contributed by atoms with van der Waals surface area (Å²) in [6.07, 6.45) is 1.97. The quantitative estimate of drug-likeness (QED) is 0.581. The van der Waals surface area contributed by atoms with Crippen LogP contribution in [0.2, 0.25) is 5.02 Å². The fourth-order valence-corrected chi connectivity index (χ4v) is 4.40. The summed E-state index contributed by atoms with van der Waals surface area (Å²) in [4.78, 5) is 20.2. The van der Waals surface area contributed by atoms with Crippen LogP contribution in [0.4, 0.5) is 0 Å². The number of carbonyl (C=O) groups is 1. The van der Waals surface area contributed by atoms with Crippen molar-refractivity contribution in [2.24, 2.45) is 0 Å². The molecule has 5 nitrogen and oxygen atoms in total. The molecule has 0 amide bonds. The third-order valence-electron chi connectivity index (χ3n) is 5.63. The Hall–Kier alpha value is -2.47. The number of fused-ring (bicyclic) bond motifs is 1. The van der Waals surface area contributed by atoms with Gasteiger partial charge in [0, 0.05) is 28.6 Å². The van der Waals surface area contributed by atoms with Crippen LogP contribution in [0, 0.1) is 0 Å². The summed E-state index contributed by atoms with van der Waals surface area (Å²) < 4.78 is 5.45. The molecular weight excluding hydrogens is 400 g/mol. The number of esters is 1. The zero-order valence-electron chi connectivity index (χ0n) is 17.0. The summed E-state index contributed by atoms with van der Waals surface area (Å²) in [5.41, 5.74) is 3.62. The molecule has 0 bridgehead atoms. The molecule has 1 aliphatic rings. The van der Waals surface area contributed by atoms with Gasteiger partial charge in [0.25, 0.3) is 0 Å². The first-order valence-corrected chi connectivity index (χ1v) is 10.7. The molecule has 1 aromatic heterocycles. The lowest BCUT2D eigenvalue weighted by Gasteiger charge is -2.24. The Morgan fingerprint density at radius 3 is 2.80 bits per heavy atom. The first-order chi connectivity index (χ1) is 14.6. The van der Waals surface area contributed by atoms with E-state index < -0.39 is 0 Å². The molecule has 0 unspecified atom stereocenters. The molecule has 0 saturated carbocycles. The molecule has 1 saturated heterocycles. The zero-order valence-corrected chi connectivity index (χ0v) is 17.7. The smallest absolute Gasteiger partial charge is 0.340 e. The van der Waals surface area contributed by atoms with Crippen molar-refractivity contribution < 1.29 is 14.6 Å². The van der Waals surface area contributed by atoms with E-state index in [1.54, 1.807) is 6.92 Å². The summed E-state index contributed by atoms with van der Waals surface area (Å²) in [6, 6.07) is 15.4. The number of aromatic nitrogens is 1. The van der Waals surface area contributed by atoms with E-state index in [9.17, 15) is 9.90 Å². The van der Waals surface area contributed by atoms with Crippen LogP contribution in [0.1, 0.15) is 35.8 Å². The summed E-state index contributed by atoms with van der Waals surface area (Å²) in [7, 11) is 0. The van der Waals surface area contributed by atoms with Crippen LogP contribution in [-0.2, 0) is 11.3 Å². The largest absolute Gasteiger partial charge is 0.462 e. The van der Waals surface area contributed by atoms with Gasteiger partial charge < -0.3 is 9.84 Å². The van der Waals surface area contributed by atoms with Gasteiger partial charge in [-0.25, -0.2) is 4.79 Å². The minimum absolute atomic E-state index is 0.0861. The Morgan fingerprint density at radius 1 is 1.27 bits per heavy atom. The number of aliphatic hydroxyl groups is 1. The lowest BCUT2D eigenvalue weighted by Crippen LogP contribution is -2.32. The molecule has 3 aromatic rings. The van der Waals surface area contributed by atoms with Crippen molar-refractivity contribution in [1.29, 1.82) is 0 Å². The number of halogens is 1. The number of aliphatic hydroxyl groups excluding tert-OH is 1. The van der Waals surface area contributed by atoms with Gasteiger partial charge in [0.05, 0.1) is 30.0 Å². The number of hydrogen-bond acceptors (Lipinski definition) is 5. The van der Waals surface area contributed by atoms with E-state index in [0.717, 1.165) is 41.4 Å². The Bertz CT molecular complexity index is 1060. The third kappa shape index (κ3) is 4.06. The van der Waals surface area contributed by atoms with Gasteiger partial charge >= 0.3 is 5.97 Å². The highest BCUT2D eigenvalue weighted by molar-refractivity contribution is 6.31. The van der Waals surface area contributed by atoms with E-state index in [0.29, 0.717) is 22.8 Å². The Kier molecular flexibility index (Phi) is 6.32. The van der Waals surface area contributed by atoms with Crippen molar-refractivity contribution >= 4 is 28.5 Å². The molecule has 1 aliphatic heterocycles. The van der Waals surface area contributed by atoms with Gasteiger partial charge in [0.2, 0.25) is 0 Å². The maximum Gasteiger partial charge on any atom is 0.340 e. The molecule has 1 fully saturated rings. The van der Waals surface area contributed by atoms with Crippen molar-refractivity contribution in [2.75, 3.05) is 19.8 Å². The zero-order chi connectivity index (χ0) is 21.1. The highest BCUT2D eigenvalue weighted by Gasteiger charge is 2.29. The van der Waals surface area contributed by atoms with Crippen LogP contribution in [0.25, 0.3) is 22.0 Å². The van der Waals surface area contributed by atoms with E-state index >= 15 is 0 Å². The first kappa shape index (κ1) is 20.8. The van der Waals surface area contributed by atoms with E-state index in [1.807, 2.05) is 48.5 Å². The summed E-state index contributed by atoms with van der Waals surface area (Å²) in [5, 5.41) is 11.2. The second kappa shape index (κ2) is 9.13. The third-order valence-corrected chi connectivity index (χ3v) is 5.86. The van der Waals surface area contributed by atoms with Crippen molar-refractivity contribution in [3.8, 4) is 11.1 Å². The van der Waals surface area contributed by atoms with Crippen molar-refractivity contribution in [1.82, 2.24) is 9.88 Å². The lowest BCUT2D eigenvalue weighted by molar-refractivity contribution is 0.0523. The monoisotopic (exact) mass is 424 g/mol. The van der Waals surface area contributed by atoms with E-state index in [1.165, 1.54) is 0 Å². The first-order valence-electron chi connectivity index (χ1n) is 10.3. The van der Waals surface area contributed by atoms with Crippen molar-refractivity contribution in [2.45, 2.75) is 32.4 Å². The average molecular weight is 425 g/mol. The van der Waals surface area contributed by atoms with E-state index in [4.69, 9.17) is 21.3 Å². The SMILES string of the molecule is CCOC(=O)c1c(CN2CCC[C@H]2CO)nc2ccc(Cl)cc2c1-c1ccccc1. The second-order valence-corrected chi connectivity index (χ2v) is 7.94. The standard InChI is InChI=1S/C24H25ClN2O3/c1-2-30-24(29)23-21(14-27-12-6-9-18(27)15-28)26-20-11-10-17(25)13-19(20)22(23)16-7-4-3-5-8-16/h3-5,7-8,10-11,13,18,28H,2,6,9,12,14-15H2,1H3/t18-/m0/s1. The molecule has 0 aliphatic carbocycles. The predicted octanol–water partition coefficient (Wildman–Crippen LogP) is 4.69. The summed E-state index contributed by atoms with van der Waals surface area (Å²) in [6.45, 7) is 3.53. The molecule has 2 heterocycles. The van der Waals surface area contributed by atoms with Gasteiger partial charge in [-0.2, -0.15) is 0 Å². The number of ether oxygens (including phenoxy) is 1. The van der Waals surface area contributed by atoms with E-state index in [-0.39, 0.29) is 25.2 Å². The minimum Gasteiger partial charge on any atom is -0.462 e. The topological polar surface area (TPSA) is 62.7 Å². The normalized spacial score (nSPS) is 16.8. The number of likely N-dealkylation sites (tertiary alicyclic amines) is 1. The van der Waals surface area contributed by atoms with Crippen LogP contribution in [0.5, 0.6) is 0 Å². The van der Waals surface area contributed by atoms with Crippen LogP contribution in [0.3, 0.4) is 0 Å².